The van der Waals surface area contributed by atoms with Crippen LogP contribution in [-0.4, -0.2) is 34.1 Å². The van der Waals surface area contributed by atoms with E-state index in [1.54, 1.807) is 50.4 Å². The summed E-state index contributed by atoms with van der Waals surface area (Å²) in [7, 11) is 1.59. The number of amides is 3. The van der Waals surface area contributed by atoms with Gasteiger partial charge in [-0.2, -0.15) is 4.98 Å². The average Bonchev–Trinajstić information content (AvgIpc) is 3.28. The summed E-state index contributed by atoms with van der Waals surface area (Å²) in [5.74, 6) is 0.891. The van der Waals surface area contributed by atoms with Crippen molar-refractivity contribution in [3.63, 3.8) is 0 Å². The van der Waals surface area contributed by atoms with Gasteiger partial charge in [-0.1, -0.05) is 35.5 Å². The molecule has 1 atom stereocenters. The highest BCUT2D eigenvalue weighted by Gasteiger charge is 2.49. The van der Waals surface area contributed by atoms with E-state index in [2.05, 4.69) is 15.5 Å². The van der Waals surface area contributed by atoms with E-state index in [0.717, 1.165) is 10.5 Å². The molecule has 28 heavy (non-hydrogen) atoms. The molecule has 4 rings (SSSR count). The van der Waals surface area contributed by atoms with Gasteiger partial charge in [0.2, 0.25) is 11.7 Å². The van der Waals surface area contributed by atoms with E-state index in [1.807, 2.05) is 18.2 Å². The highest BCUT2D eigenvalue weighted by Crippen LogP contribution is 2.29. The number of carbonyl (C=O) groups is 2. The Labute approximate surface area is 161 Å². The summed E-state index contributed by atoms with van der Waals surface area (Å²) >= 11 is 0. The Balaban J connectivity index is 1.54. The Bertz CT molecular complexity index is 1020. The van der Waals surface area contributed by atoms with Crippen LogP contribution in [0.2, 0.25) is 0 Å². The summed E-state index contributed by atoms with van der Waals surface area (Å²) in [4.78, 5) is 30.7. The maximum Gasteiger partial charge on any atom is 0.325 e. The van der Waals surface area contributed by atoms with Gasteiger partial charge in [0, 0.05) is 5.56 Å². The fraction of sp³-hybridized carbons (Fsp3) is 0.200. The Morgan fingerprint density at radius 3 is 2.50 bits per heavy atom. The van der Waals surface area contributed by atoms with Gasteiger partial charge in [-0.05, 0) is 36.8 Å². The van der Waals surface area contributed by atoms with Crippen molar-refractivity contribution in [3.05, 3.63) is 66.1 Å². The molecule has 2 aromatic carbocycles. The van der Waals surface area contributed by atoms with Crippen molar-refractivity contribution in [1.82, 2.24) is 20.4 Å². The number of carbonyl (C=O) groups excluding carboxylic acids is 2. The molecule has 2 heterocycles. The second kappa shape index (κ2) is 6.80. The van der Waals surface area contributed by atoms with E-state index in [4.69, 9.17) is 9.26 Å². The second-order valence-electron chi connectivity index (χ2n) is 6.55. The maximum absolute atomic E-state index is 12.9. The molecule has 1 N–H and O–H groups in total. The fourth-order valence-electron chi connectivity index (χ4n) is 3.12. The minimum atomic E-state index is -1.13. The zero-order chi connectivity index (χ0) is 19.7. The van der Waals surface area contributed by atoms with Crippen molar-refractivity contribution in [2.75, 3.05) is 7.11 Å². The number of ether oxygens (including phenoxy) is 1. The molecule has 0 radical (unpaired) electrons. The van der Waals surface area contributed by atoms with Gasteiger partial charge in [-0.15, -0.1) is 0 Å². The molecule has 0 saturated carbocycles. The molecule has 8 nitrogen and oxygen atoms in total. The number of methoxy groups -OCH3 is 1. The molecule has 0 unspecified atom stereocenters. The second-order valence-corrected chi connectivity index (χ2v) is 6.55. The summed E-state index contributed by atoms with van der Waals surface area (Å²) in [6.45, 7) is 1.58. The van der Waals surface area contributed by atoms with Gasteiger partial charge >= 0.3 is 6.03 Å². The van der Waals surface area contributed by atoms with E-state index >= 15 is 0 Å². The van der Waals surface area contributed by atoms with E-state index < -0.39 is 11.6 Å². The minimum Gasteiger partial charge on any atom is -0.497 e. The zero-order valence-electron chi connectivity index (χ0n) is 15.4. The standard InChI is InChI=1S/C20H18N4O4/c1-20(14-6-4-3-5-7-14)18(25)24(19(26)22-20)12-16-21-17(23-28-16)13-8-10-15(27-2)11-9-13/h3-11H,12H2,1-2H3,(H,22,26)/t20-/m1/s1. The molecular weight excluding hydrogens is 360 g/mol. The van der Waals surface area contributed by atoms with Crippen molar-refractivity contribution >= 4 is 11.9 Å². The first-order valence-electron chi connectivity index (χ1n) is 8.68. The van der Waals surface area contributed by atoms with Crippen LogP contribution in [0.4, 0.5) is 4.79 Å². The first-order chi connectivity index (χ1) is 13.5. The minimum absolute atomic E-state index is 0.101. The first kappa shape index (κ1) is 17.7. The van der Waals surface area contributed by atoms with Crippen molar-refractivity contribution in [1.29, 1.82) is 0 Å². The molecule has 1 aliphatic heterocycles. The molecule has 0 bridgehead atoms. The van der Waals surface area contributed by atoms with Crippen LogP contribution >= 0.6 is 0 Å². The fourth-order valence-corrected chi connectivity index (χ4v) is 3.12. The van der Waals surface area contributed by atoms with Crippen LogP contribution in [-0.2, 0) is 16.9 Å². The zero-order valence-corrected chi connectivity index (χ0v) is 15.4. The predicted molar refractivity (Wildman–Crippen MR) is 99.2 cm³/mol. The van der Waals surface area contributed by atoms with E-state index in [9.17, 15) is 9.59 Å². The molecule has 0 spiro atoms. The van der Waals surface area contributed by atoms with Gasteiger partial charge < -0.3 is 14.6 Å². The Morgan fingerprint density at radius 2 is 1.82 bits per heavy atom. The number of imide groups is 1. The van der Waals surface area contributed by atoms with Crippen molar-refractivity contribution in [2.24, 2.45) is 0 Å². The van der Waals surface area contributed by atoms with Gasteiger partial charge in [0.15, 0.2) is 0 Å². The number of hydrogen-bond donors (Lipinski definition) is 1. The summed E-state index contributed by atoms with van der Waals surface area (Å²) in [6.07, 6.45) is 0. The Kier molecular flexibility index (Phi) is 4.31. The maximum atomic E-state index is 12.9. The molecule has 1 fully saturated rings. The lowest BCUT2D eigenvalue weighted by molar-refractivity contribution is -0.131. The van der Waals surface area contributed by atoms with E-state index in [1.165, 1.54) is 0 Å². The van der Waals surface area contributed by atoms with Gasteiger partial charge in [-0.25, -0.2) is 4.79 Å². The van der Waals surface area contributed by atoms with E-state index in [-0.39, 0.29) is 18.3 Å². The third-order valence-corrected chi connectivity index (χ3v) is 4.74. The van der Waals surface area contributed by atoms with Crippen LogP contribution in [0.25, 0.3) is 11.4 Å². The number of benzene rings is 2. The smallest absolute Gasteiger partial charge is 0.325 e. The van der Waals surface area contributed by atoms with Gasteiger partial charge in [-0.3, -0.25) is 9.69 Å². The molecule has 3 amide bonds. The molecule has 1 aliphatic rings. The highest BCUT2D eigenvalue weighted by molar-refractivity contribution is 6.07. The third kappa shape index (κ3) is 2.98. The highest BCUT2D eigenvalue weighted by atomic mass is 16.5. The van der Waals surface area contributed by atoms with Crippen molar-refractivity contribution < 1.29 is 18.8 Å². The van der Waals surface area contributed by atoms with Crippen LogP contribution < -0.4 is 10.1 Å². The summed E-state index contributed by atoms with van der Waals surface area (Å²) in [6, 6.07) is 15.8. The van der Waals surface area contributed by atoms with Crippen LogP contribution in [0.5, 0.6) is 5.75 Å². The summed E-state index contributed by atoms with van der Waals surface area (Å²) in [5, 5.41) is 6.68. The van der Waals surface area contributed by atoms with Crippen LogP contribution in [0.3, 0.4) is 0 Å². The Hall–Kier alpha value is -3.68. The SMILES string of the molecule is COc1ccc(-c2noc(CN3C(=O)N[C@](C)(c4ccccc4)C3=O)n2)cc1. The lowest BCUT2D eigenvalue weighted by Gasteiger charge is -2.21. The van der Waals surface area contributed by atoms with Crippen LogP contribution in [0.15, 0.2) is 59.1 Å². The third-order valence-electron chi connectivity index (χ3n) is 4.74. The molecule has 0 aliphatic carbocycles. The first-order valence-corrected chi connectivity index (χ1v) is 8.68. The van der Waals surface area contributed by atoms with E-state index in [0.29, 0.717) is 17.1 Å². The quantitative estimate of drug-likeness (QED) is 0.686. The molecule has 1 aromatic heterocycles. The normalized spacial score (nSPS) is 19.0. The number of urea groups is 1. The molecular formula is C20H18N4O4. The number of rotatable bonds is 5. The molecule has 3 aromatic rings. The average molecular weight is 378 g/mol. The van der Waals surface area contributed by atoms with Crippen LogP contribution in [0.1, 0.15) is 18.4 Å². The summed E-state index contributed by atoms with van der Waals surface area (Å²) in [5.41, 5.74) is 0.319. The Morgan fingerprint density at radius 1 is 1.11 bits per heavy atom. The lowest BCUT2D eigenvalue weighted by atomic mass is 9.92. The molecule has 142 valence electrons. The predicted octanol–water partition coefficient (Wildman–Crippen LogP) is 2.71. The largest absolute Gasteiger partial charge is 0.497 e. The molecule has 8 heteroatoms. The molecule has 1 saturated heterocycles. The van der Waals surface area contributed by atoms with Crippen molar-refractivity contribution in [3.8, 4) is 17.1 Å². The van der Waals surface area contributed by atoms with Gasteiger partial charge in [0.05, 0.1) is 7.11 Å². The topological polar surface area (TPSA) is 97.6 Å². The van der Waals surface area contributed by atoms with Gasteiger partial charge in [0.25, 0.3) is 5.91 Å². The van der Waals surface area contributed by atoms with Crippen LogP contribution in [0, 0.1) is 0 Å². The summed E-state index contributed by atoms with van der Waals surface area (Å²) < 4.78 is 10.4. The number of hydrogen-bond acceptors (Lipinski definition) is 6. The monoisotopic (exact) mass is 378 g/mol. The van der Waals surface area contributed by atoms with Crippen molar-refractivity contribution in [2.45, 2.75) is 19.0 Å². The number of nitrogens with zero attached hydrogens (tertiary/aromatic N) is 3. The number of nitrogens with one attached hydrogen (secondary N) is 1. The lowest BCUT2D eigenvalue weighted by Crippen LogP contribution is -2.40. The van der Waals surface area contributed by atoms with Gasteiger partial charge in [0.1, 0.15) is 17.8 Å². The number of aromatic nitrogens is 2.